The van der Waals surface area contributed by atoms with Gasteiger partial charge < -0.3 is 9.64 Å². The first-order valence-electron chi connectivity index (χ1n) is 9.94. The number of hydrogen-bond donors (Lipinski definition) is 0. The van der Waals surface area contributed by atoms with Gasteiger partial charge in [-0.15, -0.1) is 0 Å². The summed E-state index contributed by atoms with van der Waals surface area (Å²) in [6.07, 6.45) is 12.8. The van der Waals surface area contributed by atoms with Crippen molar-refractivity contribution < 1.29 is 9.53 Å². The molecule has 0 aromatic carbocycles. The van der Waals surface area contributed by atoms with Crippen LogP contribution in [0.5, 0.6) is 0 Å². The summed E-state index contributed by atoms with van der Waals surface area (Å²) in [6, 6.07) is 0. The van der Waals surface area contributed by atoms with Crippen molar-refractivity contribution in [2.24, 2.45) is 29.1 Å². The topological polar surface area (TPSA) is 29.5 Å². The van der Waals surface area contributed by atoms with Crippen LogP contribution in [0.2, 0.25) is 0 Å². The molecule has 0 aromatic heterocycles. The molecule has 0 aromatic rings. The van der Waals surface area contributed by atoms with Crippen LogP contribution in [-0.4, -0.2) is 37.6 Å². The van der Waals surface area contributed by atoms with Gasteiger partial charge in [-0.05, 0) is 86.9 Å². The van der Waals surface area contributed by atoms with E-state index in [0.717, 1.165) is 56.3 Å². The van der Waals surface area contributed by atoms with E-state index in [1.165, 1.54) is 51.4 Å². The summed E-state index contributed by atoms with van der Waals surface area (Å²) < 4.78 is 5.43. The molecule has 1 amide bonds. The van der Waals surface area contributed by atoms with Gasteiger partial charge in [0.2, 0.25) is 5.91 Å². The summed E-state index contributed by atoms with van der Waals surface area (Å²) in [6.45, 7) is 2.76. The number of ether oxygens (including phenoxy) is 1. The van der Waals surface area contributed by atoms with E-state index < -0.39 is 0 Å². The van der Waals surface area contributed by atoms with Crippen molar-refractivity contribution in [1.82, 2.24) is 4.90 Å². The van der Waals surface area contributed by atoms with Crippen molar-refractivity contribution in [1.29, 1.82) is 0 Å². The highest BCUT2D eigenvalue weighted by Gasteiger charge is 2.51. The molecule has 1 saturated heterocycles. The number of rotatable bonds is 5. The third-order valence-corrected chi connectivity index (χ3v) is 7.33. The molecule has 0 N–H and O–H groups in total. The average molecular weight is 319 g/mol. The molecule has 4 bridgehead atoms. The molecular weight excluding hydrogens is 286 g/mol. The summed E-state index contributed by atoms with van der Waals surface area (Å²) in [5.41, 5.74) is 0.388. The molecule has 0 unspecified atom stereocenters. The van der Waals surface area contributed by atoms with E-state index in [-0.39, 0.29) is 0 Å². The van der Waals surface area contributed by atoms with Crippen molar-refractivity contribution in [3.05, 3.63) is 0 Å². The normalized spacial score (nSPS) is 39.6. The van der Waals surface area contributed by atoms with Gasteiger partial charge in [0.25, 0.3) is 0 Å². The summed E-state index contributed by atoms with van der Waals surface area (Å²) in [7, 11) is 2.03. The van der Waals surface area contributed by atoms with E-state index in [1.54, 1.807) is 0 Å². The Morgan fingerprint density at radius 2 is 1.61 bits per heavy atom. The minimum atomic E-state index is 0.388. The van der Waals surface area contributed by atoms with Gasteiger partial charge in [-0.2, -0.15) is 0 Å². The Hall–Kier alpha value is -0.570. The van der Waals surface area contributed by atoms with Crippen LogP contribution in [0.4, 0.5) is 0 Å². The van der Waals surface area contributed by atoms with Gasteiger partial charge in [0.05, 0.1) is 0 Å². The van der Waals surface area contributed by atoms with E-state index in [1.807, 2.05) is 11.9 Å². The molecule has 0 spiro atoms. The van der Waals surface area contributed by atoms with Crippen molar-refractivity contribution in [3.8, 4) is 0 Å². The maximum atomic E-state index is 12.8. The van der Waals surface area contributed by atoms with Crippen molar-refractivity contribution in [3.63, 3.8) is 0 Å². The Kier molecular flexibility index (Phi) is 4.42. The molecule has 3 nitrogen and oxygen atoms in total. The molecule has 130 valence electrons. The van der Waals surface area contributed by atoms with Crippen LogP contribution < -0.4 is 0 Å². The highest BCUT2D eigenvalue weighted by molar-refractivity contribution is 5.76. The van der Waals surface area contributed by atoms with Gasteiger partial charge in [-0.25, -0.2) is 0 Å². The maximum Gasteiger partial charge on any atom is 0.222 e. The number of carbonyl (C=O) groups excluding carboxylic acids is 1. The summed E-state index contributed by atoms with van der Waals surface area (Å²) in [4.78, 5) is 14.8. The minimum absolute atomic E-state index is 0.388. The third kappa shape index (κ3) is 3.45. The highest BCUT2D eigenvalue weighted by Crippen LogP contribution is 2.61. The van der Waals surface area contributed by atoms with Crippen molar-refractivity contribution >= 4 is 5.91 Å². The lowest BCUT2D eigenvalue weighted by Gasteiger charge is -2.56. The molecule has 1 heterocycles. The third-order valence-electron chi connectivity index (χ3n) is 7.33. The molecule has 4 saturated carbocycles. The van der Waals surface area contributed by atoms with Crippen molar-refractivity contribution in [2.45, 2.75) is 64.2 Å². The van der Waals surface area contributed by atoms with Crippen LogP contribution in [0.25, 0.3) is 0 Å². The lowest BCUT2D eigenvalue weighted by Crippen LogP contribution is -2.48. The van der Waals surface area contributed by atoms with Crippen LogP contribution in [0, 0.1) is 29.1 Å². The van der Waals surface area contributed by atoms with Gasteiger partial charge >= 0.3 is 0 Å². The molecule has 5 aliphatic rings. The summed E-state index contributed by atoms with van der Waals surface area (Å²) in [5, 5.41) is 0. The highest BCUT2D eigenvalue weighted by atomic mass is 16.5. The van der Waals surface area contributed by atoms with Crippen LogP contribution in [0.15, 0.2) is 0 Å². The predicted molar refractivity (Wildman–Crippen MR) is 91.0 cm³/mol. The largest absolute Gasteiger partial charge is 0.381 e. The Labute approximate surface area is 141 Å². The van der Waals surface area contributed by atoms with Gasteiger partial charge in [0.15, 0.2) is 0 Å². The molecule has 1 aliphatic heterocycles. The summed E-state index contributed by atoms with van der Waals surface area (Å²) >= 11 is 0. The van der Waals surface area contributed by atoms with Crippen LogP contribution in [-0.2, 0) is 9.53 Å². The second-order valence-electron chi connectivity index (χ2n) is 9.25. The zero-order chi connectivity index (χ0) is 15.9. The Morgan fingerprint density at radius 1 is 1.04 bits per heavy atom. The Bertz CT molecular complexity index is 406. The second kappa shape index (κ2) is 6.38. The predicted octanol–water partition coefficient (Wildman–Crippen LogP) is 3.87. The van der Waals surface area contributed by atoms with E-state index in [4.69, 9.17) is 4.74 Å². The van der Waals surface area contributed by atoms with Gasteiger partial charge in [-0.3, -0.25) is 4.79 Å². The molecular formula is C20H33NO2. The zero-order valence-corrected chi connectivity index (χ0v) is 14.8. The number of amides is 1. The average Bonchev–Trinajstić information content (AvgIpc) is 2.51. The first-order valence-corrected chi connectivity index (χ1v) is 9.94. The molecule has 4 aliphatic carbocycles. The Balaban J connectivity index is 1.29. The van der Waals surface area contributed by atoms with Gasteiger partial charge in [0, 0.05) is 33.2 Å². The fourth-order valence-electron chi connectivity index (χ4n) is 6.50. The van der Waals surface area contributed by atoms with Gasteiger partial charge in [0.1, 0.15) is 0 Å². The van der Waals surface area contributed by atoms with Crippen LogP contribution >= 0.6 is 0 Å². The minimum Gasteiger partial charge on any atom is -0.381 e. The smallest absolute Gasteiger partial charge is 0.222 e. The monoisotopic (exact) mass is 319 g/mol. The maximum absolute atomic E-state index is 12.8. The van der Waals surface area contributed by atoms with E-state index in [2.05, 4.69) is 0 Å². The number of carbonyl (C=O) groups is 1. The second-order valence-corrected chi connectivity index (χ2v) is 9.25. The van der Waals surface area contributed by atoms with E-state index in [0.29, 0.717) is 11.3 Å². The number of hydrogen-bond acceptors (Lipinski definition) is 2. The molecule has 3 heteroatoms. The fraction of sp³-hybridized carbons (Fsp3) is 0.950. The Morgan fingerprint density at radius 3 is 2.17 bits per heavy atom. The van der Waals surface area contributed by atoms with Crippen molar-refractivity contribution in [2.75, 3.05) is 26.8 Å². The molecule has 0 radical (unpaired) electrons. The SMILES string of the molecule is CN(CCC1CCOCC1)C(=O)CC12CC3CC(CC(C3)C1)C2. The van der Waals surface area contributed by atoms with E-state index in [9.17, 15) is 4.79 Å². The number of nitrogens with zero attached hydrogens (tertiary/aromatic N) is 1. The first-order chi connectivity index (χ1) is 11.1. The quantitative estimate of drug-likeness (QED) is 0.770. The zero-order valence-electron chi connectivity index (χ0n) is 14.8. The summed E-state index contributed by atoms with van der Waals surface area (Å²) in [5.74, 6) is 4.02. The van der Waals surface area contributed by atoms with Crippen LogP contribution in [0.1, 0.15) is 64.2 Å². The molecule has 5 fully saturated rings. The molecule has 0 atom stereocenters. The first kappa shape index (κ1) is 15.9. The lowest BCUT2D eigenvalue weighted by molar-refractivity contribution is -0.138. The standard InChI is InChI=1S/C20H33NO2/c1-21(5-2-15-3-6-23-7-4-15)19(22)14-20-11-16-8-17(12-20)10-18(9-16)13-20/h15-18H,2-14H2,1H3. The van der Waals surface area contributed by atoms with E-state index >= 15 is 0 Å². The fourth-order valence-corrected chi connectivity index (χ4v) is 6.50. The lowest BCUT2D eigenvalue weighted by atomic mass is 9.49. The molecule has 23 heavy (non-hydrogen) atoms. The van der Waals surface area contributed by atoms with Gasteiger partial charge in [-0.1, -0.05) is 0 Å². The van der Waals surface area contributed by atoms with Crippen LogP contribution in [0.3, 0.4) is 0 Å². The molecule has 5 rings (SSSR count).